The summed E-state index contributed by atoms with van der Waals surface area (Å²) in [5.74, 6) is -3.59. The van der Waals surface area contributed by atoms with Gasteiger partial charge in [0.25, 0.3) is 0 Å². The molecule has 0 N–H and O–H groups in total. The Balaban J connectivity index is 0. The van der Waals surface area contributed by atoms with Gasteiger partial charge in [-0.1, -0.05) is 0 Å². The molecule has 0 saturated heterocycles. The first-order valence-corrected chi connectivity index (χ1v) is 3.18. The third-order valence-electron chi connectivity index (χ3n) is 0.874. The van der Waals surface area contributed by atoms with Crippen molar-refractivity contribution in [3.8, 4) is 0 Å². The maximum Gasteiger partial charge on any atom is 0.382 e. The van der Waals surface area contributed by atoms with E-state index in [2.05, 4.69) is 4.74 Å². The first-order valence-electron chi connectivity index (χ1n) is 3.18. The minimum atomic E-state index is -1.28. The number of carbonyl (C=O) groups is 4. The average molecular weight is 220 g/mol. The molecule has 70 valence electrons. The second kappa shape index (κ2) is 6.68. The third kappa shape index (κ3) is 7.55. The van der Waals surface area contributed by atoms with E-state index in [0.717, 1.165) is 6.92 Å². The minimum absolute atomic E-state index is 0. The Morgan fingerprint density at radius 2 is 1.54 bits per heavy atom. The predicted molar refractivity (Wildman–Crippen MR) is 37.1 cm³/mol. The fourth-order valence-electron chi connectivity index (χ4n) is 0.486. The zero-order valence-electron chi connectivity index (χ0n) is 7.25. The van der Waals surface area contributed by atoms with Crippen LogP contribution in [0.15, 0.2) is 0 Å². The fourth-order valence-corrected chi connectivity index (χ4v) is 0.486. The average Bonchev–Trinajstić information content (AvgIpc) is 1.84. The molecule has 5 nitrogen and oxygen atoms in total. The van der Waals surface area contributed by atoms with Gasteiger partial charge in [0.2, 0.25) is 5.78 Å². The van der Waals surface area contributed by atoms with Crippen molar-refractivity contribution in [1.29, 1.82) is 0 Å². The van der Waals surface area contributed by atoms with E-state index in [0.29, 0.717) is 0 Å². The van der Waals surface area contributed by atoms with E-state index in [1.807, 2.05) is 0 Å². The van der Waals surface area contributed by atoms with Crippen molar-refractivity contribution in [3.05, 3.63) is 0 Å². The maximum atomic E-state index is 10.6. The van der Waals surface area contributed by atoms with E-state index in [-0.39, 0.29) is 21.7 Å². The summed E-state index contributed by atoms with van der Waals surface area (Å²) in [6.45, 7) is 2.16. The van der Waals surface area contributed by atoms with Crippen LogP contribution < -0.4 is 0 Å². The molecule has 0 unspecified atom stereocenters. The number of rotatable bonds is 3. The zero-order valence-corrected chi connectivity index (χ0v) is 8.81. The van der Waals surface area contributed by atoms with Crippen LogP contribution in [0.3, 0.4) is 0 Å². The van der Waals surface area contributed by atoms with Crippen LogP contribution in [0.1, 0.15) is 20.3 Å². The van der Waals surface area contributed by atoms with Crippen LogP contribution in [-0.2, 0) is 45.6 Å². The molecule has 0 aliphatic carbocycles. The van der Waals surface area contributed by atoms with Crippen molar-refractivity contribution < 1.29 is 45.6 Å². The van der Waals surface area contributed by atoms with E-state index in [1.54, 1.807) is 0 Å². The number of ether oxygens (including phenoxy) is 1. The molecule has 6 heteroatoms. The summed E-state index contributed by atoms with van der Waals surface area (Å²) in [7, 11) is 0. The molecule has 0 atom stereocenters. The Morgan fingerprint density at radius 3 is 1.85 bits per heavy atom. The molecule has 0 aliphatic rings. The van der Waals surface area contributed by atoms with Gasteiger partial charge in [-0.2, -0.15) is 0 Å². The Morgan fingerprint density at radius 1 is 1.08 bits per heavy atom. The van der Waals surface area contributed by atoms with E-state index in [4.69, 9.17) is 0 Å². The monoisotopic (exact) mass is 220 g/mol. The van der Waals surface area contributed by atoms with E-state index < -0.39 is 29.9 Å². The predicted octanol–water partition coefficient (Wildman–Crippen LogP) is -0.378. The van der Waals surface area contributed by atoms with E-state index in [9.17, 15) is 19.2 Å². The Bertz CT molecular complexity index is 219. The van der Waals surface area contributed by atoms with Crippen molar-refractivity contribution in [2.24, 2.45) is 0 Å². The van der Waals surface area contributed by atoms with Gasteiger partial charge in [0.1, 0.15) is 5.78 Å². The summed E-state index contributed by atoms with van der Waals surface area (Å²) >= 11 is 0. The number of hydrogen-bond acceptors (Lipinski definition) is 5. The molecule has 0 heterocycles. The number of ketones is 2. The van der Waals surface area contributed by atoms with Crippen molar-refractivity contribution in [3.63, 3.8) is 0 Å². The first kappa shape index (κ1) is 14.7. The first-order chi connectivity index (χ1) is 5.43. The second-order valence-corrected chi connectivity index (χ2v) is 2.18. The quantitative estimate of drug-likeness (QED) is 0.280. The van der Waals surface area contributed by atoms with Crippen LogP contribution in [0.25, 0.3) is 0 Å². The Labute approximate surface area is 89.7 Å². The molecule has 0 aromatic carbocycles. The summed E-state index contributed by atoms with van der Waals surface area (Å²) in [5, 5.41) is 0. The van der Waals surface area contributed by atoms with Crippen molar-refractivity contribution in [1.82, 2.24) is 0 Å². The SMILES string of the molecule is CC(=O)CC(=O)C(=O)OC(C)=O.[Ti]. The Kier molecular flexibility index (Phi) is 7.56. The maximum absolute atomic E-state index is 10.6. The summed E-state index contributed by atoms with van der Waals surface area (Å²) in [5.41, 5.74) is 0. The van der Waals surface area contributed by atoms with E-state index in [1.165, 1.54) is 6.92 Å². The van der Waals surface area contributed by atoms with Gasteiger partial charge in [-0.05, 0) is 6.92 Å². The molecule has 0 spiro atoms. The summed E-state index contributed by atoms with van der Waals surface area (Å²) in [6.07, 6.45) is -0.522. The third-order valence-corrected chi connectivity index (χ3v) is 0.874. The van der Waals surface area contributed by atoms with Crippen LogP contribution >= 0.6 is 0 Å². The number of esters is 2. The summed E-state index contributed by atoms with van der Waals surface area (Å²) in [4.78, 5) is 41.7. The van der Waals surface area contributed by atoms with Crippen LogP contribution in [0.5, 0.6) is 0 Å². The van der Waals surface area contributed by atoms with Crippen LogP contribution in [0.4, 0.5) is 0 Å². The topological polar surface area (TPSA) is 77.5 Å². The molecular weight excluding hydrogens is 212 g/mol. The summed E-state index contributed by atoms with van der Waals surface area (Å²) < 4.78 is 3.93. The molecule has 13 heavy (non-hydrogen) atoms. The minimum Gasteiger partial charge on any atom is -0.387 e. The molecule has 0 radical (unpaired) electrons. The van der Waals surface area contributed by atoms with Gasteiger partial charge >= 0.3 is 11.9 Å². The van der Waals surface area contributed by atoms with Gasteiger partial charge in [-0.15, -0.1) is 0 Å². The van der Waals surface area contributed by atoms with Gasteiger partial charge in [-0.3, -0.25) is 14.4 Å². The molecular formula is C7H8O5Ti. The van der Waals surface area contributed by atoms with E-state index >= 15 is 0 Å². The van der Waals surface area contributed by atoms with Crippen LogP contribution in [0.2, 0.25) is 0 Å². The standard InChI is InChI=1S/C7H8O5.Ti/c1-4(8)3-6(10)7(11)12-5(2)9;/h3H2,1-2H3;. The molecule has 0 saturated carbocycles. The van der Waals surface area contributed by atoms with Crippen LogP contribution in [0, 0.1) is 0 Å². The van der Waals surface area contributed by atoms with Crippen molar-refractivity contribution in [2.45, 2.75) is 20.3 Å². The van der Waals surface area contributed by atoms with Gasteiger partial charge in [0, 0.05) is 28.6 Å². The molecule has 0 aromatic rings. The second-order valence-electron chi connectivity index (χ2n) is 2.18. The van der Waals surface area contributed by atoms with Gasteiger partial charge < -0.3 is 4.74 Å². The van der Waals surface area contributed by atoms with Crippen molar-refractivity contribution >= 4 is 23.5 Å². The normalized spacial score (nSPS) is 8.15. The summed E-state index contributed by atoms with van der Waals surface area (Å²) in [6, 6.07) is 0. The molecule has 0 aromatic heterocycles. The fraction of sp³-hybridized carbons (Fsp3) is 0.429. The Hall–Kier alpha value is -0.806. The van der Waals surface area contributed by atoms with Crippen molar-refractivity contribution in [2.75, 3.05) is 0 Å². The number of hydrogen-bond donors (Lipinski definition) is 0. The molecule has 0 amide bonds. The van der Waals surface area contributed by atoms with Crippen LogP contribution in [-0.4, -0.2) is 23.5 Å². The molecule has 0 bridgehead atoms. The van der Waals surface area contributed by atoms with Gasteiger partial charge in [-0.25, -0.2) is 4.79 Å². The molecule has 0 fully saturated rings. The molecule has 0 aliphatic heterocycles. The van der Waals surface area contributed by atoms with Gasteiger partial charge in [0.05, 0.1) is 6.42 Å². The number of carbonyl (C=O) groups excluding carboxylic acids is 4. The molecule has 0 rings (SSSR count). The zero-order chi connectivity index (χ0) is 9.72. The largest absolute Gasteiger partial charge is 0.387 e. The number of Topliss-reactive ketones (excluding diaryl/α,β-unsaturated/α-hetero) is 2. The van der Waals surface area contributed by atoms with Gasteiger partial charge in [0.15, 0.2) is 0 Å². The smallest absolute Gasteiger partial charge is 0.382 e.